The van der Waals surface area contributed by atoms with Crippen LogP contribution in [0.4, 0.5) is 0 Å². The second-order valence-electron chi connectivity index (χ2n) is 5.04. The van der Waals surface area contributed by atoms with Crippen LogP contribution in [0.25, 0.3) is 16.5 Å². The topological polar surface area (TPSA) is 102 Å². The summed E-state index contributed by atoms with van der Waals surface area (Å²) >= 11 is 1.48. The van der Waals surface area contributed by atoms with E-state index in [2.05, 4.69) is 15.0 Å². The first-order chi connectivity index (χ1) is 12.6. The van der Waals surface area contributed by atoms with Crippen LogP contribution in [0.3, 0.4) is 0 Å². The molecule has 0 aliphatic rings. The number of azide groups is 1. The zero-order valence-electron chi connectivity index (χ0n) is 14.7. The number of benzene rings is 1. The van der Waals surface area contributed by atoms with Crippen molar-refractivity contribution in [2.45, 2.75) is 18.6 Å². The third-order valence-electron chi connectivity index (χ3n) is 3.45. The molecule has 0 radical (unpaired) electrons. The van der Waals surface area contributed by atoms with Crippen LogP contribution in [0.15, 0.2) is 46.4 Å². The Bertz CT molecular complexity index is 839. The van der Waals surface area contributed by atoms with Gasteiger partial charge in [-0.15, -0.1) is 0 Å². The lowest BCUT2D eigenvalue weighted by Gasteiger charge is -2.10. The van der Waals surface area contributed by atoms with Gasteiger partial charge >= 0.3 is 5.97 Å². The van der Waals surface area contributed by atoms with Crippen molar-refractivity contribution in [2.24, 2.45) is 5.11 Å². The Kier molecular flexibility index (Phi) is 7.13. The first-order valence-electron chi connectivity index (χ1n) is 7.79. The van der Waals surface area contributed by atoms with Gasteiger partial charge in [-0.3, -0.25) is 0 Å². The number of hydrogen-bond donors (Lipinski definition) is 0. The van der Waals surface area contributed by atoms with Gasteiger partial charge < -0.3 is 14.0 Å². The van der Waals surface area contributed by atoms with Crippen LogP contribution in [-0.2, 0) is 16.1 Å². The number of carbonyl (C=O) groups excluding carboxylic acids is 1. The van der Waals surface area contributed by atoms with Gasteiger partial charge in [0.1, 0.15) is 11.4 Å². The van der Waals surface area contributed by atoms with E-state index in [-0.39, 0.29) is 12.3 Å². The summed E-state index contributed by atoms with van der Waals surface area (Å²) in [5.41, 5.74) is 10.3. The number of carbonyl (C=O) groups is 1. The van der Waals surface area contributed by atoms with E-state index in [4.69, 9.17) is 15.0 Å². The van der Waals surface area contributed by atoms with Crippen molar-refractivity contribution >= 4 is 23.8 Å². The number of imidazole rings is 1. The molecule has 0 N–H and O–H groups in total. The fraction of sp³-hybridized carbons (Fsp3) is 0.294. The smallest absolute Gasteiger partial charge is 0.340 e. The summed E-state index contributed by atoms with van der Waals surface area (Å²) in [5, 5.41) is 4.22. The van der Waals surface area contributed by atoms with Gasteiger partial charge in [0.15, 0.2) is 5.16 Å². The first-order valence-corrected chi connectivity index (χ1v) is 9.01. The van der Waals surface area contributed by atoms with Crippen molar-refractivity contribution in [1.29, 1.82) is 0 Å². The third kappa shape index (κ3) is 4.81. The maximum Gasteiger partial charge on any atom is 0.340 e. The zero-order chi connectivity index (χ0) is 18.9. The van der Waals surface area contributed by atoms with E-state index in [0.29, 0.717) is 12.2 Å². The Morgan fingerprint density at radius 3 is 2.73 bits per heavy atom. The van der Waals surface area contributed by atoms with Crippen molar-refractivity contribution in [3.05, 3.63) is 57.9 Å². The molecule has 0 aliphatic heterocycles. The Labute approximate surface area is 155 Å². The molecule has 8 nitrogen and oxygen atoms in total. The average molecular weight is 373 g/mol. The largest absolute Gasteiger partial charge is 0.497 e. The van der Waals surface area contributed by atoms with Gasteiger partial charge in [0.05, 0.1) is 32.2 Å². The van der Waals surface area contributed by atoms with Gasteiger partial charge in [-0.05, 0) is 42.5 Å². The lowest BCUT2D eigenvalue weighted by Crippen LogP contribution is -2.07. The van der Waals surface area contributed by atoms with Crippen LogP contribution >= 0.6 is 11.8 Å². The lowest BCUT2D eigenvalue weighted by atomic mass is 10.2. The van der Waals surface area contributed by atoms with E-state index in [1.165, 1.54) is 17.8 Å². The molecule has 0 saturated heterocycles. The summed E-state index contributed by atoms with van der Waals surface area (Å²) in [4.78, 5) is 19.0. The van der Waals surface area contributed by atoms with E-state index >= 15 is 0 Å². The molecule has 0 aliphatic carbocycles. The number of rotatable bonds is 8. The van der Waals surface area contributed by atoms with Crippen molar-refractivity contribution in [3.8, 4) is 5.75 Å². The van der Waals surface area contributed by atoms with Gasteiger partial charge in [-0.2, -0.15) is 0 Å². The van der Waals surface area contributed by atoms with E-state index < -0.39 is 5.97 Å². The fourth-order valence-electron chi connectivity index (χ4n) is 2.24. The number of methoxy groups -OCH3 is 1. The molecule has 136 valence electrons. The lowest BCUT2D eigenvalue weighted by molar-refractivity contribution is -0.138. The minimum atomic E-state index is -0.673. The van der Waals surface area contributed by atoms with Gasteiger partial charge in [0.25, 0.3) is 0 Å². The molecule has 0 amide bonds. The van der Waals surface area contributed by atoms with Gasteiger partial charge in [-0.1, -0.05) is 29.0 Å². The highest BCUT2D eigenvalue weighted by molar-refractivity contribution is 7.98. The van der Waals surface area contributed by atoms with Crippen LogP contribution in [0.5, 0.6) is 5.75 Å². The van der Waals surface area contributed by atoms with E-state index in [1.807, 2.05) is 35.1 Å². The molecule has 0 spiro atoms. The molecule has 0 bridgehead atoms. The van der Waals surface area contributed by atoms with E-state index in [0.717, 1.165) is 16.5 Å². The minimum Gasteiger partial charge on any atom is -0.497 e. The number of thioether (sulfide) groups is 1. The van der Waals surface area contributed by atoms with Crippen molar-refractivity contribution < 1.29 is 14.3 Å². The number of esters is 1. The summed E-state index contributed by atoms with van der Waals surface area (Å²) in [6, 6.07) is 7.67. The van der Waals surface area contributed by atoms with Gasteiger partial charge in [0.2, 0.25) is 0 Å². The van der Waals surface area contributed by atoms with Crippen LogP contribution in [-0.4, -0.2) is 35.5 Å². The molecule has 0 atom stereocenters. The zero-order valence-corrected chi connectivity index (χ0v) is 15.6. The van der Waals surface area contributed by atoms with Crippen molar-refractivity contribution in [3.63, 3.8) is 0 Å². The molecular weight excluding hydrogens is 354 g/mol. The highest BCUT2D eigenvalue weighted by Crippen LogP contribution is 2.21. The van der Waals surface area contributed by atoms with Gasteiger partial charge in [0, 0.05) is 4.91 Å². The predicted molar refractivity (Wildman–Crippen MR) is 99.9 cm³/mol. The standard InChI is InChI=1S/C17H19N5O3S/c1-4-25-16(23)15(20-21-18)9-13-10-19-17(26-3)22(13)11-12-5-7-14(24-2)8-6-12/h5-10H,4,11H2,1-3H3/b15-9-. The second-order valence-corrected chi connectivity index (χ2v) is 5.82. The fourth-order valence-corrected chi connectivity index (χ4v) is 2.79. The molecule has 0 fully saturated rings. The SMILES string of the molecule is CCOC(=O)/C(=C/c1cnc(SC)n1Cc1ccc(OC)cc1)N=[N+]=[N-]. The summed E-state index contributed by atoms with van der Waals surface area (Å²) in [7, 11) is 1.62. The molecule has 0 saturated carbocycles. The molecule has 1 aromatic carbocycles. The number of nitrogens with zero attached hydrogens (tertiary/aromatic N) is 5. The number of ether oxygens (including phenoxy) is 2. The summed E-state index contributed by atoms with van der Waals surface area (Å²) in [5.74, 6) is 0.103. The number of aromatic nitrogens is 2. The van der Waals surface area contributed by atoms with Crippen LogP contribution in [0, 0.1) is 0 Å². The maximum absolute atomic E-state index is 11.9. The normalized spacial score (nSPS) is 11.0. The highest BCUT2D eigenvalue weighted by Gasteiger charge is 2.13. The van der Waals surface area contributed by atoms with E-state index in [1.54, 1.807) is 20.2 Å². The Hall–Kier alpha value is -2.90. The summed E-state index contributed by atoms with van der Waals surface area (Å²) in [6.07, 6.45) is 5.02. The third-order valence-corrected chi connectivity index (χ3v) is 4.14. The predicted octanol–water partition coefficient (Wildman–Crippen LogP) is 3.88. The molecule has 0 unspecified atom stereocenters. The molecule has 26 heavy (non-hydrogen) atoms. The maximum atomic E-state index is 11.9. The molecule has 2 aromatic rings. The second kappa shape index (κ2) is 9.55. The molecule has 9 heteroatoms. The van der Waals surface area contributed by atoms with Crippen LogP contribution < -0.4 is 4.74 Å². The summed E-state index contributed by atoms with van der Waals surface area (Å²) in [6.45, 7) is 2.42. The molecule has 2 rings (SSSR count). The van der Waals surface area contributed by atoms with Gasteiger partial charge in [-0.25, -0.2) is 9.78 Å². The highest BCUT2D eigenvalue weighted by atomic mass is 32.2. The van der Waals surface area contributed by atoms with Crippen LogP contribution in [0.1, 0.15) is 18.2 Å². The Morgan fingerprint density at radius 1 is 1.42 bits per heavy atom. The number of hydrogen-bond acceptors (Lipinski definition) is 6. The van der Waals surface area contributed by atoms with Crippen molar-refractivity contribution in [1.82, 2.24) is 9.55 Å². The minimum absolute atomic E-state index is 0.113. The first kappa shape index (κ1) is 19.4. The average Bonchev–Trinajstić information content (AvgIpc) is 3.03. The Morgan fingerprint density at radius 2 is 2.15 bits per heavy atom. The molecule has 1 heterocycles. The summed E-state index contributed by atoms with van der Waals surface area (Å²) < 4.78 is 12.0. The van der Waals surface area contributed by atoms with Crippen molar-refractivity contribution in [2.75, 3.05) is 20.0 Å². The Balaban J connectivity index is 2.39. The molecule has 1 aromatic heterocycles. The quantitative estimate of drug-likeness (QED) is 0.174. The molecular formula is C17H19N5O3S. The van der Waals surface area contributed by atoms with Crippen LogP contribution in [0.2, 0.25) is 0 Å². The van der Waals surface area contributed by atoms with E-state index in [9.17, 15) is 4.79 Å². The monoisotopic (exact) mass is 373 g/mol.